The van der Waals surface area contributed by atoms with Crippen LogP contribution in [-0.4, -0.2) is 23.9 Å². The van der Waals surface area contributed by atoms with Crippen LogP contribution in [0.25, 0.3) is 0 Å². The first-order chi connectivity index (χ1) is 8.11. The summed E-state index contributed by atoms with van der Waals surface area (Å²) in [7, 11) is 0. The first-order valence-electron chi connectivity index (χ1n) is 6.27. The van der Waals surface area contributed by atoms with Crippen LogP contribution in [-0.2, 0) is 0 Å². The lowest BCUT2D eigenvalue weighted by atomic mass is 9.94. The van der Waals surface area contributed by atoms with Gasteiger partial charge in [0.1, 0.15) is 0 Å². The lowest BCUT2D eigenvalue weighted by Gasteiger charge is -2.31. The molecule has 4 heteroatoms. The molecular weight excluding hydrogens is 232 g/mol. The van der Waals surface area contributed by atoms with Gasteiger partial charge in [0.25, 0.3) is 5.91 Å². The van der Waals surface area contributed by atoms with Gasteiger partial charge in [-0.05, 0) is 31.7 Å². The second-order valence-electron chi connectivity index (χ2n) is 4.77. The predicted molar refractivity (Wildman–Crippen MR) is 72.4 cm³/mol. The lowest BCUT2D eigenvalue weighted by Crippen LogP contribution is -2.38. The zero-order valence-electron chi connectivity index (χ0n) is 10.5. The van der Waals surface area contributed by atoms with Crippen molar-refractivity contribution in [2.24, 2.45) is 5.92 Å². The Labute approximate surface area is 107 Å². The monoisotopic (exact) mass is 252 g/mol. The van der Waals surface area contributed by atoms with E-state index in [2.05, 4.69) is 6.92 Å². The number of anilines is 1. The number of carbonyl (C=O) groups is 1. The number of nitrogens with two attached hydrogens (primary N) is 1. The highest BCUT2D eigenvalue weighted by Crippen LogP contribution is 2.27. The number of rotatable bonds is 2. The van der Waals surface area contributed by atoms with Gasteiger partial charge < -0.3 is 10.6 Å². The van der Waals surface area contributed by atoms with Crippen LogP contribution in [0.4, 0.5) is 5.69 Å². The zero-order chi connectivity index (χ0) is 12.4. The van der Waals surface area contributed by atoms with Crippen molar-refractivity contribution in [2.45, 2.75) is 33.1 Å². The first-order valence-corrected chi connectivity index (χ1v) is 7.08. The normalized spacial score (nSPS) is 17.4. The van der Waals surface area contributed by atoms with E-state index >= 15 is 0 Å². The molecule has 94 valence electrons. The molecule has 2 rings (SSSR count). The number of nitrogen functional groups attached to an aromatic ring is 1. The van der Waals surface area contributed by atoms with Gasteiger partial charge in [0.05, 0.1) is 4.88 Å². The zero-order valence-corrected chi connectivity index (χ0v) is 11.3. The van der Waals surface area contributed by atoms with Gasteiger partial charge >= 0.3 is 0 Å². The summed E-state index contributed by atoms with van der Waals surface area (Å²) >= 11 is 1.51. The molecule has 1 amide bonds. The molecule has 1 saturated heterocycles. The average molecular weight is 252 g/mol. The highest BCUT2D eigenvalue weighted by atomic mass is 32.1. The van der Waals surface area contributed by atoms with Gasteiger partial charge in [-0.3, -0.25) is 4.79 Å². The fourth-order valence-electron chi connectivity index (χ4n) is 2.30. The number of hydrogen-bond donors (Lipinski definition) is 1. The van der Waals surface area contributed by atoms with Crippen LogP contribution >= 0.6 is 11.3 Å². The van der Waals surface area contributed by atoms with Crippen molar-refractivity contribution in [1.29, 1.82) is 0 Å². The van der Waals surface area contributed by atoms with Gasteiger partial charge in [-0.1, -0.05) is 13.3 Å². The Morgan fingerprint density at radius 1 is 1.53 bits per heavy atom. The van der Waals surface area contributed by atoms with E-state index in [1.54, 1.807) is 0 Å². The molecule has 1 aliphatic rings. The quantitative estimate of drug-likeness (QED) is 0.879. The lowest BCUT2D eigenvalue weighted by molar-refractivity contribution is 0.0694. The van der Waals surface area contributed by atoms with Gasteiger partial charge in [-0.25, -0.2) is 0 Å². The fourth-order valence-corrected chi connectivity index (χ4v) is 3.21. The molecule has 3 nitrogen and oxygen atoms in total. The van der Waals surface area contributed by atoms with Crippen LogP contribution in [0.3, 0.4) is 0 Å². The second kappa shape index (κ2) is 5.08. The molecule has 0 aromatic carbocycles. The number of aryl methyl sites for hydroxylation is 1. The molecule has 17 heavy (non-hydrogen) atoms. The van der Waals surface area contributed by atoms with Crippen LogP contribution < -0.4 is 5.73 Å². The summed E-state index contributed by atoms with van der Waals surface area (Å²) in [6, 6.07) is 1.81. The number of hydrogen-bond acceptors (Lipinski definition) is 3. The third kappa shape index (κ3) is 2.63. The van der Waals surface area contributed by atoms with Gasteiger partial charge in [-0.2, -0.15) is 0 Å². The minimum atomic E-state index is 0.157. The largest absolute Gasteiger partial charge is 0.398 e. The molecule has 1 aromatic rings. The van der Waals surface area contributed by atoms with Crippen molar-refractivity contribution in [3.8, 4) is 0 Å². The number of nitrogens with zero attached hydrogens (tertiary/aromatic N) is 1. The molecule has 0 unspecified atom stereocenters. The Hall–Kier alpha value is -1.03. The Bertz CT molecular complexity index is 386. The summed E-state index contributed by atoms with van der Waals surface area (Å²) in [5.41, 5.74) is 6.53. The topological polar surface area (TPSA) is 46.3 Å². The van der Waals surface area contributed by atoms with Gasteiger partial charge in [0, 0.05) is 23.7 Å². The molecule has 0 radical (unpaired) electrons. The third-order valence-corrected chi connectivity index (χ3v) is 4.70. The van der Waals surface area contributed by atoms with E-state index in [1.807, 2.05) is 17.9 Å². The molecule has 0 spiro atoms. The molecule has 2 N–H and O–H groups in total. The Morgan fingerprint density at radius 3 is 2.65 bits per heavy atom. The van der Waals surface area contributed by atoms with Crippen molar-refractivity contribution in [2.75, 3.05) is 18.8 Å². The van der Waals surface area contributed by atoms with E-state index in [-0.39, 0.29) is 5.91 Å². The fraction of sp³-hybridized carbons (Fsp3) is 0.615. The molecule has 0 atom stereocenters. The van der Waals surface area contributed by atoms with Crippen LogP contribution in [0.1, 0.15) is 40.7 Å². The van der Waals surface area contributed by atoms with Crippen LogP contribution in [0, 0.1) is 12.8 Å². The van der Waals surface area contributed by atoms with Crippen LogP contribution in [0.5, 0.6) is 0 Å². The Morgan fingerprint density at radius 2 is 2.18 bits per heavy atom. The molecule has 0 saturated carbocycles. The Kier molecular flexibility index (Phi) is 3.72. The van der Waals surface area contributed by atoms with E-state index in [4.69, 9.17) is 5.73 Å². The summed E-state index contributed by atoms with van der Waals surface area (Å²) in [6.07, 6.45) is 3.51. The van der Waals surface area contributed by atoms with E-state index in [0.29, 0.717) is 0 Å². The van der Waals surface area contributed by atoms with E-state index in [0.717, 1.165) is 47.3 Å². The second-order valence-corrected chi connectivity index (χ2v) is 6.02. The smallest absolute Gasteiger partial charge is 0.264 e. The number of carbonyl (C=O) groups excluding carboxylic acids is 1. The highest BCUT2D eigenvalue weighted by molar-refractivity contribution is 7.14. The summed E-state index contributed by atoms with van der Waals surface area (Å²) < 4.78 is 0. The molecule has 0 bridgehead atoms. The van der Waals surface area contributed by atoms with Gasteiger partial charge in [0.2, 0.25) is 0 Å². The maximum atomic E-state index is 12.2. The van der Waals surface area contributed by atoms with Crippen LogP contribution in [0.2, 0.25) is 0 Å². The average Bonchev–Trinajstić information content (AvgIpc) is 2.69. The highest BCUT2D eigenvalue weighted by Gasteiger charge is 2.23. The number of likely N-dealkylation sites (tertiary alicyclic amines) is 1. The number of thiophene rings is 1. The van der Waals surface area contributed by atoms with E-state index in [9.17, 15) is 4.79 Å². The van der Waals surface area contributed by atoms with Crippen molar-refractivity contribution in [3.05, 3.63) is 15.8 Å². The first kappa shape index (κ1) is 12.4. The minimum Gasteiger partial charge on any atom is -0.398 e. The predicted octanol–water partition coefficient (Wildman–Crippen LogP) is 2.90. The van der Waals surface area contributed by atoms with Crippen LogP contribution in [0.15, 0.2) is 6.07 Å². The van der Waals surface area contributed by atoms with Crippen molar-refractivity contribution in [3.63, 3.8) is 0 Å². The van der Waals surface area contributed by atoms with Crippen molar-refractivity contribution in [1.82, 2.24) is 4.90 Å². The summed E-state index contributed by atoms with van der Waals surface area (Å²) in [5.74, 6) is 0.957. The standard InChI is InChI=1S/C13H20N2OS/c1-3-10-4-6-15(7-5-10)13(16)12-8-11(14)9(2)17-12/h8,10H,3-7,14H2,1-2H3. The van der Waals surface area contributed by atoms with Crippen molar-refractivity contribution < 1.29 is 4.79 Å². The molecule has 2 heterocycles. The summed E-state index contributed by atoms with van der Waals surface area (Å²) in [5, 5.41) is 0. The SMILES string of the molecule is CCC1CCN(C(=O)c2cc(N)c(C)s2)CC1. The van der Waals surface area contributed by atoms with E-state index in [1.165, 1.54) is 17.8 Å². The molecule has 1 aliphatic heterocycles. The minimum absolute atomic E-state index is 0.157. The third-order valence-electron chi connectivity index (χ3n) is 3.65. The molecule has 1 fully saturated rings. The molecule has 1 aromatic heterocycles. The number of piperidine rings is 1. The van der Waals surface area contributed by atoms with Crippen molar-refractivity contribution >= 4 is 22.9 Å². The maximum absolute atomic E-state index is 12.2. The van der Waals surface area contributed by atoms with Gasteiger partial charge in [0.15, 0.2) is 0 Å². The van der Waals surface area contributed by atoms with Gasteiger partial charge in [-0.15, -0.1) is 11.3 Å². The maximum Gasteiger partial charge on any atom is 0.264 e. The summed E-state index contributed by atoms with van der Waals surface area (Å²) in [4.78, 5) is 16.0. The van der Waals surface area contributed by atoms with E-state index < -0.39 is 0 Å². The Balaban J connectivity index is 2.01. The number of amides is 1. The summed E-state index contributed by atoms with van der Waals surface area (Å²) in [6.45, 7) is 5.98. The molecule has 0 aliphatic carbocycles. The molecular formula is C13H20N2OS.